The first-order chi connectivity index (χ1) is 10.6. The van der Waals surface area contributed by atoms with Crippen molar-refractivity contribution in [2.75, 3.05) is 0 Å². The van der Waals surface area contributed by atoms with Crippen molar-refractivity contribution < 1.29 is 17.8 Å². The van der Waals surface area contributed by atoms with E-state index in [-0.39, 0.29) is 23.7 Å². The third-order valence-electron chi connectivity index (χ3n) is 3.29. The molecule has 2 unspecified atom stereocenters. The van der Waals surface area contributed by atoms with Gasteiger partial charge >= 0.3 is 0 Å². The zero-order valence-electron chi connectivity index (χ0n) is 12.5. The quantitative estimate of drug-likeness (QED) is 0.361. The van der Waals surface area contributed by atoms with Crippen LogP contribution >= 0.6 is 23.8 Å². The summed E-state index contributed by atoms with van der Waals surface area (Å²) in [6.45, 7) is 1.79. The number of hydrogen-bond acceptors (Lipinski definition) is 4. The molecule has 0 amide bonds. The Balaban J connectivity index is 3.05. The number of benzene rings is 1. The minimum absolute atomic E-state index is 0.122. The van der Waals surface area contributed by atoms with Gasteiger partial charge in [0.2, 0.25) is 0 Å². The van der Waals surface area contributed by atoms with Crippen LogP contribution in [-0.4, -0.2) is 35.2 Å². The van der Waals surface area contributed by atoms with E-state index in [0.29, 0.717) is 17.0 Å². The van der Waals surface area contributed by atoms with Gasteiger partial charge in [-0.3, -0.25) is 9.35 Å². The standard InChI is InChI=1S/C14H19ClN2O4S2/c1-2-3-11(23(19,20)21)8-12(17-14(16)22)13(18)9-4-6-10(15)7-5-9/h4-7,11-12H,2-3,8H2,1H3,(H3,16,17,22)(H,19,20,21). The number of ketones is 1. The van der Waals surface area contributed by atoms with Crippen LogP contribution in [0.5, 0.6) is 0 Å². The lowest BCUT2D eigenvalue weighted by Gasteiger charge is -2.22. The van der Waals surface area contributed by atoms with Gasteiger partial charge in [-0.15, -0.1) is 0 Å². The molecular weight excluding hydrogens is 360 g/mol. The fourth-order valence-electron chi connectivity index (χ4n) is 2.19. The summed E-state index contributed by atoms with van der Waals surface area (Å²) in [5, 5.41) is 1.88. The Labute approximate surface area is 146 Å². The van der Waals surface area contributed by atoms with E-state index in [9.17, 15) is 17.8 Å². The molecule has 9 heteroatoms. The fourth-order valence-corrected chi connectivity index (χ4v) is 3.43. The van der Waals surface area contributed by atoms with E-state index in [1.54, 1.807) is 19.1 Å². The summed E-state index contributed by atoms with van der Waals surface area (Å²) < 4.78 is 32.3. The van der Waals surface area contributed by atoms with Crippen LogP contribution in [0.1, 0.15) is 36.5 Å². The molecule has 0 heterocycles. The van der Waals surface area contributed by atoms with Gasteiger partial charge < -0.3 is 11.1 Å². The van der Waals surface area contributed by atoms with Gasteiger partial charge in [0, 0.05) is 10.6 Å². The van der Waals surface area contributed by atoms with Crippen molar-refractivity contribution in [2.24, 2.45) is 5.73 Å². The average Bonchev–Trinajstić information content (AvgIpc) is 2.44. The van der Waals surface area contributed by atoms with E-state index in [0.717, 1.165) is 0 Å². The van der Waals surface area contributed by atoms with Crippen LogP contribution in [-0.2, 0) is 10.1 Å². The molecule has 0 aliphatic carbocycles. The lowest BCUT2D eigenvalue weighted by molar-refractivity contribution is 0.0947. The van der Waals surface area contributed by atoms with Crippen LogP contribution < -0.4 is 11.1 Å². The normalized spacial score (nSPS) is 14.0. The molecule has 0 aromatic heterocycles. The molecule has 1 rings (SSSR count). The zero-order chi connectivity index (χ0) is 17.6. The Hall–Kier alpha value is -1.22. The summed E-state index contributed by atoms with van der Waals surface area (Å²) in [5.74, 6) is -0.376. The second kappa shape index (κ2) is 8.58. The summed E-state index contributed by atoms with van der Waals surface area (Å²) in [7, 11) is -4.28. The third kappa shape index (κ3) is 6.42. The molecule has 6 nitrogen and oxygen atoms in total. The molecule has 0 saturated carbocycles. The third-order valence-corrected chi connectivity index (χ3v) is 4.93. The van der Waals surface area contributed by atoms with Crippen LogP contribution in [0.3, 0.4) is 0 Å². The van der Waals surface area contributed by atoms with Gasteiger partial charge in [0.1, 0.15) is 0 Å². The lowest BCUT2D eigenvalue weighted by atomic mass is 9.98. The van der Waals surface area contributed by atoms with Gasteiger partial charge in [-0.2, -0.15) is 8.42 Å². The van der Waals surface area contributed by atoms with Gasteiger partial charge in [0.25, 0.3) is 10.1 Å². The van der Waals surface area contributed by atoms with Crippen molar-refractivity contribution >= 4 is 44.8 Å². The van der Waals surface area contributed by atoms with Crippen LogP contribution in [0.4, 0.5) is 0 Å². The summed E-state index contributed by atoms with van der Waals surface area (Å²) in [6, 6.07) is 5.22. The van der Waals surface area contributed by atoms with Crippen LogP contribution in [0, 0.1) is 0 Å². The number of Topliss-reactive ketones (excluding diaryl/α,β-unsaturated/α-hetero) is 1. The highest BCUT2D eigenvalue weighted by Gasteiger charge is 2.30. The van der Waals surface area contributed by atoms with Gasteiger partial charge in [-0.1, -0.05) is 24.9 Å². The van der Waals surface area contributed by atoms with Crippen LogP contribution in [0.25, 0.3) is 0 Å². The highest BCUT2D eigenvalue weighted by atomic mass is 35.5. The van der Waals surface area contributed by atoms with E-state index in [1.165, 1.54) is 12.1 Å². The molecule has 1 aromatic carbocycles. The highest BCUT2D eigenvalue weighted by Crippen LogP contribution is 2.18. The number of halogens is 1. The maximum Gasteiger partial charge on any atom is 0.267 e. The molecule has 23 heavy (non-hydrogen) atoms. The maximum absolute atomic E-state index is 12.6. The van der Waals surface area contributed by atoms with Crippen molar-refractivity contribution in [3.05, 3.63) is 34.9 Å². The number of rotatable bonds is 8. The largest absolute Gasteiger partial charge is 0.376 e. The average molecular weight is 379 g/mol. The van der Waals surface area contributed by atoms with E-state index < -0.39 is 21.4 Å². The highest BCUT2D eigenvalue weighted by molar-refractivity contribution is 7.86. The van der Waals surface area contributed by atoms with Crippen molar-refractivity contribution in [1.82, 2.24) is 5.32 Å². The van der Waals surface area contributed by atoms with Gasteiger partial charge in [0.05, 0.1) is 11.3 Å². The number of carbonyl (C=O) groups is 1. The predicted octanol–water partition coefficient (Wildman–Crippen LogP) is 2.17. The zero-order valence-corrected chi connectivity index (χ0v) is 14.9. The van der Waals surface area contributed by atoms with E-state index in [2.05, 4.69) is 5.32 Å². The molecule has 0 aliphatic rings. The summed E-state index contributed by atoms with van der Waals surface area (Å²) in [4.78, 5) is 12.6. The van der Waals surface area contributed by atoms with Crippen molar-refractivity contribution in [2.45, 2.75) is 37.5 Å². The second-order valence-corrected chi connectivity index (χ2v) is 7.67. The maximum atomic E-state index is 12.6. The Bertz CT molecular complexity index is 662. The summed E-state index contributed by atoms with van der Waals surface area (Å²) >= 11 is 10.5. The van der Waals surface area contributed by atoms with Gasteiger partial charge in [-0.25, -0.2) is 0 Å². The first kappa shape index (κ1) is 19.8. The molecule has 0 bridgehead atoms. The number of thiocarbonyl (C=S) groups is 1. The Morgan fingerprint density at radius 2 is 1.96 bits per heavy atom. The molecule has 0 radical (unpaired) electrons. The minimum atomic E-state index is -4.28. The van der Waals surface area contributed by atoms with Gasteiger partial charge in [0.15, 0.2) is 10.9 Å². The SMILES string of the molecule is CCCC(CC(NC(N)=S)C(=O)c1ccc(Cl)cc1)S(=O)(=O)O. The molecule has 0 spiro atoms. The number of nitrogens with two attached hydrogens (primary N) is 1. The van der Waals surface area contributed by atoms with E-state index in [1.807, 2.05) is 0 Å². The first-order valence-electron chi connectivity index (χ1n) is 6.97. The predicted molar refractivity (Wildman–Crippen MR) is 94.4 cm³/mol. The minimum Gasteiger partial charge on any atom is -0.376 e. The molecule has 4 N–H and O–H groups in total. The van der Waals surface area contributed by atoms with Gasteiger partial charge in [-0.05, 0) is 49.3 Å². The molecule has 0 fully saturated rings. The lowest BCUT2D eigenvalue weighted by Crippen LogP contribution is -2.46. The number of hydrogen-bond donors (Lipinski definition) is 3. The Morgan fingerprint density at radius 1 is 1.39 bits per heavy atom. The van der Waals surface area contributed by atoms with Crippen LogP contribution in [0.2, 0.25) is 5.02 Å². The second-order valence-electron chi connectivity index (χ2n) is 5.09. The van der Waals surface area contributed by atoms with Crippen molar-refractivity contribution in [3.8, 4) is 0 Å². The Morgan fingerprint density at radius 3 is 2.39 bits per heavy atom. The summed E-state index contributed by atoms with van der Waals surface area (Å²) in [6.07, 6.45) is 0.632. The monoisotopic (exact) mass is 378 g/mol. The number of nitrogens with one attached hydrogen (secondary N) is 1. The Kier molecular flexibility index (Phi) is 7.40. The first-order valence-corrected chi connectivity index (χ1v) is 9.26. The molecule has 2 atom stereocenters. The topological polar surface area (TPSA) is 109 Å². The van der Waals surface area contributed by atoms with E-state index >= 15 is 0 Å². The van der Waals surface area contributed by atoms with Crippen molar-refractivity contribution in [1.29, 1.82) is 0 Å². The smallest absolute Gasteiger partial charge is 0.267 e. The molecule has 0 saturated heterocycles. The number of carbonyl (C=O) groups excluding carboxylic acids is 1. The van der Waals surface area contributed by atoms with Crippen LogP contribution in [0.15, 0.2) is 24.3 Å². The molecule has 0 aliphatic heterocycles. The molecule has 1 aromatic rings. The fraction of sp³-hybridized carbons (Fsp3) is 0.429. The summed E-state index contributed by atoms with van der Waals surface area (Å²) in [5.41, 5.74) is 5.77. The molecule has 128 valence electrons. The van der Waals surface area contributed by atoms with E-state index in [4.69, 9.17) is 29.6 Å². The molecular formula is C14H19ClN2O4S2. The van der Waals surface area contributed by atoms with Crippen molar-refractivity contribution in [3.63, 3.8) is 0 Å².